The van der Waals surface area contributed by atoms with Crippen LogP contribution in [0.25, 0.3) is 0 Å². The molecule has 7 heavy (non-hydrogen) atoms. The Labute approximate surface area is 48.6 Å². The van der Waals surface area contributed by atoms with Crippen LogP contribution in [0.15, 0.2) is 0 Å². The summed E-state index contributed by atoms with van der Waals surface area (Å²) in [6.07, 6.45) is 2.11. The van der Waals surface area contributed by atoms with E-state index in [1.165, 1.54) is 0 Å². The summed E-state index contributed by atoms with van der Waals surface area (Å²) in [5.74, 6) is 0. The van der Waals surface area contributed by atoms with Crippen molar-refractivity contribution in [1.29, 1.82) is 0 Å². The highest BCUT2D eigenvalue weighted by Crippen LogP contribution is 2.28. The first-order valence-electron chi connectivity index (χ1n) is 2.54. The van der Waals surface area contributed by atoms with E-state index in [2.05, 4.69) is 0 Å². The highest BCUT2D eigenvalue weighted by atomic mass is 35.5. The quantitative estimate of drug-likeness (QED) is 0.443. The van der Waals surface area contributed by atoms with Crippen molar-refractivity contribution in [3.05, 3.63) is 0 Å². The lowest BCUT2D eigenvalue weighted by Gasteiger charge is -2.11. The van der Waals surface area contributed by atoms with Crippen LogP contribution in [0.5, 0.6) is 0 Å². The molecule has 1 nitrogen and oxygen atoms in total. The fraction of sp³-hybridized carbons (Fsp3) is 1.00. The Morgan fingerprint density at radius 2 is 2.43 bits per heavy atom. The normalized spacial score (nSPS) is 42.0. The monoisotopic (exact) mass is 120 g/mol. The minimum atomic E-state index is -0.333. The molecule has 1 heterocycles. The molecule has 0 saturated carbocycles. The molecule has 0 amide bonds. The van der Waals surface area contributed by atoms with Crippen LogP contribution < -0.4 is 0 Å². The van der Waals surface area contributed by atoms with Crippen molar-refractivity contribution in [1.82, 2.24) is 0 Å². The molecule has 1 aliphatic rings. The van der Waals surface area contributed by atoms with E-state index in [4.69, 9.17) is 16.3 Å². The van der Waals surface area contributed by atoms with Gasteiger partial charge in [-0.2, -0.15) is 0 Å². The average molecular weight is 121 g/mol. The Morgan fingerprint density at radius 3 is 2.57 bits per heavy atom. The Kier molecular flexibility index (Phi) is 1.26. The second-order valence-corrected chi connectivity index (χ2v) is 2.85. The topological polar surface area (TPSA) is 9.23 Å². The Morgan fingerprint density at radius 1 is 1.71 bits per heavy atom. The lowest BCUT2D eigenvalue weighted by Crippen LogP contribution is -2.11. The first-order chi connectivity index (χ1) is 3.21. The van der Waals surface area contributed by atoms with Crippen LogP contribution in [0.4, 0.5) is 0 Å². The van der Waals surface area contributed by atoms with Crippen molar-refractivity contribution >= 4 is 11.6 Å². The summed E-state index contributed by atoms with van der Waals surface area (Å²) in [6.45, 7) is 2.74. The van der Waals surface area contributed by atoms with Crippen LogP contribution in [0.3, 0.4) is 0 Å². The number of hydrogen-bond donors (Lipinski definition) is 0. The standard InChI is InChI=1S/C5H9ClO/c1-5(6)3-2-4-7-5/h2-4H2,1H3. The van der Waals surface area contributed by atoms with Gasteiger partial charge in [0.1, 0.15) is 5.06 Å². The first-order valence-corrected chi connectivity index (χ1v) is 2.91. The van der Waals surface area contributed by atoms with Crippen LogP contribution in [0.2, 0.25) is 0 Å². The molecular weight excluding hydrogens is 112 g/mol. The molecule has 1 fully saturated rings. The highest BCUT2D eigenvalue weighted by Gasteiger charge is 2.25. The molecule has 0 spiro atoms. The number of halogens is 1. The molecule has 0 aromatic rings. The van der Waals surface area contributed by atoms with Crippen LogP contribution >= 0.6 is 11.6 Å². The molecule has 1 rings (SSSR count). The second-order valence-electron chi connectivity index (χ2n) is 2.05. The van der Waals surface area contributed by atoms with Gasteiger partial charge in [-0.3, -0.25) is 0 Å². The maximum absolute atomic E-state index is 5.75. The zero-order chi connectivity index (χ0) is 5.33. The lowest BCUT2D eigenvalue weighted by atomic mass is 10.3. The molecule has 1 aliphatic heterocycles. The SMILES string of the molecule is CC1(Cl)CCCO1. The van der Waals surface area contributed by atoms with E-state index >= 15 is 0 Å². The molecule has 1 unspecified atom stereocenters. The van der Waals surface area contributed by atoms with Crippen LogP contribution in [0.1, 0.15) is 19.8 Å². The summed E-state index contributed by atoms with van der Waals surface area (Å²) in [7, 11) is 0. The predicted octanol–water partition coefficient (Wildman–Crippen LogP) is 1.75. The number of alkyl halides is 1. The van der Waals surface area contributed by atoms with Crippen molar-refractivity contribution in [2.75, 3.05) is 6.61 Å². The molecule has 0 aromatic carbocycles. The van der Waals surface area contributed by atoms with Gasteiger partial charge in [-0.05, 0) is 19.8 Å². The summed E-state index contributed by atoms with van der Waals surface area (Å²) >= 11 is 5.75. The van der Waals surface area contributed by atoms with Crippen molar-refractivity contribution in [2.45, 2.75) is 24.8 Å². The van der Waals surface area contributed by atoms with Crippen molar-refractivity contribution in [3.63, 3.8) is 0 Å². The van der Waals surface area contributed by atoms with Gasteiger partial charge in [0.25, 0.3) is 0 Å². The van der Waals surface area contributed by atoms with E-state index in [1.54, 1.807) is 0 Å². The number of ether oxygens (including phenoxy) is 1. The summed E-state index contributed by atoms with van der Waals surface area (Å²) in [5, 5.41) is -0.333. The molecule has 1 atom stereocenters. The van der Waals surface area contributed by atoms with E-state index in [-0.39, 0.29) is 5.06 Å². The minimum absolute atomic E-state index is 0.333. The largest absolute Gasteiger partial charge is 0.360 e. The molecule has 0 aromatic heterocycles. The molecule has 1 saturated heterocycles. The van der Waals surface area contributed by atoms with E-state index in [9.17, 15) is 0 Å². The van der Waals surface area contributed by atoms with Crippen molar-refractivity contribution < 1.29 is 4.74 Å². The van der Waals surface area contributed by atoms with Gasteiger partial charge in [0.2, 0.25) is 0 Å². The fourth-order valence-electron chi connectivity index (χ4n) is 0.745. The van der Waals surface area contributed by atoms with E-state index in [0.717, 1.165) is 19.4 Å². The van der Waals surface area contributed by atoms with E-state index in [0.29, 0.717) is 0 Å². The third-order valence-electron chi connectivity index (χ3n) is 1.17. The third kappa shape index (κ3) is 1.32. The predicted molar refractivity (Wildman–Crippen MR) is 29.4 cm³/mol. The Hall–Kier alpha value is 0.250. The molecule has 42 valence electrons. The maximum atomic E-state index is 5.75. The number of hydrogen-bond acceptors (Lipinski definition) is 1. The van der Waals surface area contributed by atoms with Gasteiger partial charge < -0.3 is 4.74 Å². The van der Waals surface area contributed by atoms with E-state index < -0.39 is 0 Å². The van der Waals surface area contributed by atoms with Gasteiger partial charge in [0, 0.05) is 6.61 Å². The number of rotatable bonds is 0. The lowest BCUT2D eigenvalue weighted by molar-refractivity contribution is 0.0905. The van der Waals surface area contributed by atoms with Crippen LogP contribution in [0, 0.1) is 0 Å². The summed E-state index contributed by atoms with van der Waals surface area (Å²) in [4.78, 5) is 0. The average Bonchev–Trinajstić information content (AvgIpc) is 1.84. The van der Waals surface area contributed by atoms with E-state index in [1.807, 2.05) is 6.92 Å². The molecule has 0 aliphatic carbocycles. The van der Waals surface area contributed by atoms with Gasteiger partial charge in [0.05, 0.1) is 0 Å². The maximum Gasteiger partial charge on any atom is 0.139 e. The van der Waals surface area contributed by atoms with Gasteiger partial charge in [0.15, 0.2) is 0 Å². The molecular formula is C5H9ClO. The summed E-state index contributed by atoms with van der Waals surface area (Å²) in [5.41, 5.74) is 0. The molecule has 2 heteroatoms. The van der Waals surface area contributed by atoms with Crippen molar-refractivity contribution in [3.8, 4) is 0 Å². The third-order valence-corrected chi connectivity index (χ3v) is 1.47. The molecule has 0 radical (unpaired) electrons. The first kappa shape index (κ1) is 5.39. The highest BCUT2D eigenvalue weighted by molar-refractivity contribution is 6.22. The Balaban J connectivity index is 2.40. The smallest absolute Gasteiger partial charge is 0.139 e. The summed E-state index contributed by atoms with van der Waals surface area (Å²) in [6, 6.07) is 0. The van der Waals surface area contributed by atoms with Gasteiger partial charge >= 0.3 is 0 Å². The molecule has 0 N–H and O–H groups in total. The van der Waals surface area contributed by atoms with Gasteiger partial charge in [-0.1, -0.05) is 11.6 Å². The minimum Gasteiger partial charge on any atom is -0.360 e. The van der Waals surface area contributed by atoms with Gasteiger partial charge in [-0.15, -0.1) is 0 Å². The van der Waals surface area contributed by atoms with Crippen molar-refractivity contribution in [2.24, 2.45) is 0 Å². The van der Waals surface area contributed by atoms with Crippen LogP contribution in [-0.4, -0.2) is 11.7 Å². The van der Waals surface area contributed by atoms with Gasteiger partial charge in [-0.25, -0.2) is 0 Å². The second kappa shape index (κ2) is 1.64. The summed E-state index contributed by atoms with van der Waals surface area (Å²) < 4.78 is 5.11. The zero-order valence-electron chi connectivity index (χ0n) is 4.41. The Bertz CT molecular complexity index is 62.5. The molecule has 0 bridgehead atoms. The fourth-order valence-corrected chi connectivity index (χ4v) is 0.956. The van der Waals surface area contributed by atoms with Crippen LogP contribution in [-0.2, 0) is 4.74 Å². The zero-order valence-corrected chi connectivity index (χ0v) is 5.16.